The van der Waals surface area contributed by atoms with Crippen LogP contribution in [0.15, 0.2) is 62.8 Å². The van der Waals surface area contributed by atoms with Crippen LogP contribution >= 0.6 is 39.0 Å². The molecule has 2 aliphatic heterocycles. The van der Waals surface area contributed by atoms with Gasteiger partial charge in [-0.15, -0.1) is 0 Å². The lowest BCUT2D eigenvalue weighted by molar-refractivity contribution is -0.122. The van der Waals surface area contributed by atoms with Gasteiger partial charge in [0.05, 0.1) is 16.6 Å². The van der Waals surface area contributed by atoms with Crippen molar-refractivity contribution in [1.82, 2.24) is 4.98 Å². The van der Waals surface area contributed by atoms with Gasteiger partial charge in [-0.2, -0.15) is 0 Å². The second-order valence-electron chi connectivity index (χ2n) is 6.79. The first kappa shape index (κ1) is 18.8. The number of amides is 2. The third-order valence-corrected chi connectivity index (χ3v) is 8.01. The summed E-state index contributed by atoms with van der Waals surface area (Å²) >= 11 is 5.75. The first-order valence-corrected chi connectivity index (χ1v) is 11.2. The summed E-state index contributed by atoms with van der Waals surface area (Å²) in [5, 5.41) is -0.0254. The van der Waals surface area contributed by atoms with Crippen molar-refractivity contribution in [2.75, 3.05) is 4.90 Å². The average molecular weight is 491 g/mol. The number of halogens is 2. The summed E-state index contributed by atoms with van der Waals surface area (Å²) < 4.78 is 14.2. The van der Waals surface area contributed by atoms with Crippen LogP contribution < -0.4 is 9.77 Å². The molecule has 1 fully saturated rings. The highest BCUT2D eigenvalue weighted by molar-refractivity contribution is 9.10. The number of carbonyl (C=O) groups is 2. The lowest BCUT2D eigenvalue weighted by atomic mass is 9.83. The summed E-state index contributed by atoms with van der Waals surface area (Å²) in [4.78, 5) is 43.1. The fourth-order valence-electron chi connectivity index (χ4n) is 3.92. The highest BCUT2D eigenvalue weighted by atomic mass is 79.9. The van der Waals surface area contributed by atoms with Crippen LogP contribution in [0.3, 0.4) is 0 Å². The average Bonchev–Trinajstić information content (AvgIpc) is 3.18. The predicted octanol–water partition coefficient (Wildman–Crippen LogP) is 4.13. The number of hydrogen-bond acceptors (Lipinski definition) is 5. The number of thioether (sulfide) groups is 1. The first-order valence-electron chi connectivity index (χ1n) is 8.72. The van der Waals surface area contributed by atoms with Crippen LogP contribution in [0.25, 0.3) is 0 Å². The molecular formula is C20H12BrFN2O3S2. The van der Waals surface area contributed by atoms with Crippen molar-refractivity contribution in [2.45, 2.75) is 16.2 Å². The lowest BCUT2D eigenvalue weighted by Crippen LogP contribution is -2.32. The Morgan fingerprint density at radius 2 is 1.79 bits per heavy atom. The number of fused-ring (bicyclic) bond motifs is 2. The molecule has 0 unspecified atom stereocenters. The van der Waals surface area contributed by atoms with E-state index in [0.717, 1.165) is 31.2 Å². The largest absolute Gasteiger partial charge is 0.307 e. The lowest BCUT2D eigenvalue weighted by Gasteiger charge is -2.29. The predicted molar refractivity (Wildman–Crippen MR) is 113 cm³/mol. The number of nitrogens with one attached hydrogen (secondary N) is 1. The van der Waals surface area contributed by atoms with E-state index < -0.39 is 22.9 Å². The van der Waals surface area contributed by atoms with E-state index in [1.54, 1.807) is 0 Å². The fraction of sp³-hybridized carbons (Fsp3) is 0.150. The number of carbonyl (C=O) groups excluding carboxylic acids is 2. The van der Waals surface area contributed by atoms with Crippen LogP contribution in [-0.4, -0.2) is 22.0 Å². The Balaban J connectivity index is 1.66. The van der Waals surface area contributed by atoms with E-state index in [2.05, 4.69) is 20.9 Å². The minimum Gasteiger partial charge on any atom is -0.307 e. The maximum Gasteiger partial charge on any atom is 0.305 e. The second kappa shape index (κ2) is 6.93. The Hall–Kier alpha value is -2.23. The zero-order chi connectivity index (χ0) is 20.3. The molecule has 3 heterocycles. The second-order valence-corrected chi connectivity index (χ2v) is 9.88. The Morgan fingerprint density at radius 1 is 1.03 bits per heavy atom. The van der Waals surface area contributed by atoms with Crippen LogP contribution in [0.2, 0.25) is 0 Å². The molecule has 1 N–H and O–H groups in total. The van der Waals surface area contributed by atoms with Gasteiger partial charge in [-0.05, 0) is 42.0 Å². The van der Waals surface area contributed by atoms with Crippen molar-refractivity contribution in [1.29, 1.82) is 0 Å². The molecule has 29 heavy (non-hydrogen) atoms. The van der Waals surface area contributed by atoms with E-state index in [0.29, 0.717) is 10.7 Å². The summed E-state index contributed by atoms with van der Waals surface area (Å²) in [5.74, 6) is -2.19. The molecule has 0 aliphatic carbocycles. The van der Waals surface area contributed by atoms with Gasteiger partial charge in [0.1, 0.15) is 11.1 Å². The van der Waals surface area contributed by atoms with Crippen LogP contribution in [0.4, 0.5) is 10.1 Å². The number of imide groups is 1. The summed E-state index contributed by atoms with van der Waals surface area (Å²) in [5.41, 5.74) is 1.20. The molecule has 5 nitrogen and oxygen atoms in total. The monoisotopic (exact) mass is 490 g/mol. The molecule has 5 rings (SSSR count). The Kier molecular flexibility index (Phi) is 4.49. The molecule has 9 heteroatoms. The highest BCUT2D eigenvalue weighted by Gasteiger charge is 2.56. The number of aromatic amines is 1. The van der Waals surface area contributed by atoms with Crippen LogP contribution in [0.1, 0.15) is 16.4 Å². The van der Waals surface area contributed by atoms with Crippen molar-refractivity contribution in [3.05, 3.63) is 78.9 Å². The molecule has 3 aromatic rings. The number of rotatable bonds is 2. The topological polar surface area (TPSA) is 70.2 Å². The molecule has 2 aromatic carbocycles. The fourth-order valence-corrected chi connectivity index (χ4v) is 6.85. The number of aromatic nitrogens is 1. The molecule has 1 aromatic heterocycles. The third kappa shape index (κ3) is 2.99. The molecule has 3 atom stereocenters. The minimum absolute atomic E-state index is 0.210. The molecular weight excluding hydrogens is 479 g/mol. The molecule has 0 bridgehead atoms. The van der Waals surface area contributed by atoms with Crippen molar-refractivity contribution < 1.29 is 14.0 Å². The van der Waals surface area contributed by atoms with Gasteiger partial charge in [-0.25, -0.2) is 9.29 Å². The van der Waals surface area contributed by atoms with Gasteiger partial charge in [-0.3, -0.25) is 14.4 Å². The van der Waals surface area contributed by atoms with E-state index in [4.69, 9.17) is 0 Å². The van der Waals surface area contributed by atoms with E-state index in [9.17, 15) is 18.8 Å². The summed E-state index contributed by atoms with van der Waals surface area (Å²) in [6.07, 6.45) is 0. The maximum absolute atomic E-state index is 13.4. The molecule has 0 radical (unpaired) electrons. The van der Waals surface area contributed by atoms with E-state index in [1.165, 1.54) is 36.0 Å². The van der Waals surface area contributed by atoms with Gasteiger partial charge < -0.3 is 4.98 Å². The van der Waals surface area contributed by atoms with Gasteiger partial charge in [-0.1, -0.05) is 51.2 Å². The van der Waals surface area contributed by atoms with E-state index in [-0.39, 0.29) is 16.7 Å². The molecule has 2 amide bonds. The number of H-pyrrole nitrogens is 1. The van der Waals surface area contributed by atoms with Crippen LogP contribution in [-0.2, 0) is 9.59 Å². The summed E-state index contributed by atoms with van der Waals surface area (Å²) in [6.45, 7) is 0. The quantitative estimate of drug-likeness (QED) is 0.548. The third-order valence-electron chi connectivity index (χ3n) is 5.12. The zero-order valence-electron chi connectivity index (χ0n) is 14.6. The van der Waals surface area contributed by atoms with E-state index >= 15 is 0 Å². The Bertz CT molecular complexity index is 1210. The van der Waals surface area contributed by atoms with Gasteiger partial charge >= 0.3 is 4.87 Å². The molecule has 0 spiro atoms. The summed E-state index contributed by atoms with van der Waals surface area (Å²) in [7, 11) is 0. The van der Waals surface area contributed by atoms with Crippen LogP contribution in [0, 0.1) is 11.7 Å². The standard InChI is InChI=1S/C20H12BrFN2O3S2/c21-10-3-1-2-9(8-10)13-14-16(28-17-15(13)29-20(27)23-17)19(26)24(18(14)25)12-6-4-11(22)5-7-12/h1-8,13-14,16H,(H,23,27)/t13-,14-,16+/m0/s1. The number of thiazole rings is 1. The molecule has 1 saturated heterocycles. The van der Waals surface area contributed by atoms with Gasteiger partial charge in [0.15, 0.2) is 0 Å². The molecule has 0 saturated carbocycles. The first-order chi connectivity index (χ1) is 13.9. The smallest absolute Gasteiger partial charge is 0.305 e. The van der Waals surface area contributed by atoms with Crippen molar-refractivity contribution in [3.8, 4) is 0 Å². The number of nitrogens with zero attached hydrogens (tertiary/aromatic N) is 1. The normalized spacial score (nSPS) is 23.2. The molecule has 146 valence electrons. The Morgan fingerprint density at radius 3 is 2.52 bits per heavy atom. The highest BCUT2D eigenvalue weighted by Crippen LogP contribution is 2.53. The number of hydrogen-bond donors (Lipinski definition) is 1. The minimum atomic E-state index is -0.658. The van der Waals surface area contributed by atoms with Gasteiger partial charge in [0.2, 0.25) is 11.8 Å². The van der Waals surface area contributed by atoms with Gasteiger partial charge in [0, 0.05) is 15.3 Å². The zero-order valence-corrected chi connectivity index (χ0v) is 17.8. The maximum atomic E-state index is 13.4. The van der Waals surface area contributed by atoms with Crippen molar-refractivity contribution in [3.63, 3.8) is 0 Å². The molecule has 2 aliphatic rings. The number of anilines is 1. The Labute approximate surface area is 181 Å². The SMILES string of the molecule is O=C1[C@H]2[C@H](c3cccc(Br)c3)c3sc(=O)[nH]c3S[C@H]2C(=O)N1c1ccc(F)cc1. The van der Waals surface area contributed by atoms with Gasteiger partial charge in [0.25, 0.3) is 0 Å². The number of benzene rings is 2. The van der Waals surface area contributed by atoms with Crippen molar-refractivity contribution in [2.24, 2.45) is 5.92 Å². The van der Waals surface area contributed by atoms with Crippen LogP contribution in [0.5, 0.6) is 0 Å². The van der Waals surface area contributed by atoms with Crippen molar-refractivity contribution >= 4 is 56.5 Å². The summed E-state index contributed by atoms with van der Waals surface area (Å²) in [6, 6.07) is 12.9. The van der Waals surface area contributed by atoms with E-state index in [1.807, 2.05) is 24.3 Å².